The van der Waals surface area contributed by atoms with E-state index in [0.717, 1.165) is 5.56 Å². The number of hydrogen-bond acceptors (Lipinski definition) is 7. The summed E-state index contributed by atoms with van der Waals surface area (Å²) in [7, 11) is 1.50. The second-order valence-electron chi connectivity index (χ2n) is 9.17. The van der Waals surface area contributed by atoms with E-state index >= 15 is 0 Å². The van der Waals surface area contributed by atoms with E-state index in [-0.39, 0.29) is 29.6 Å². The maximum atomic E-state index is 14.0. The largest absolute Gasteiger partial charge is 0.493 e. The Hall–Kier alpha value is -5.29. The van der Waals surface area contributed by atoms with Crippen molar-refractivity contribution in [1.82, 2.24) is 0 Å². The number of nitrogens with zero attached hydrogens (tertiary/aromatic N) is 1. The smallest absolute Gasteiger partial charge is 0.343 e. The van der Waals surface area contributed by atoms with Gasteiger partial charge < -0.3 is 24.7 Å². The molecule has 0 bridgehead atoms. The molecule has 2 N–H and O–H groups in total. The Morgan fingerprint density at radius 2 is 1.80 bits per heavy atom. The highest BCUT2D eigenvalue weighted by Crippen LogP contribution is 2.45. The van der Waals surface area contributed by atoms with Crippen LogP contribution in [0.4, 0.5) is 4.39 Å². The summed E-state index contributed by atoms with van der Waals surface area (Å²) < 4.78 is 36.8. The van der Waals surface area contributed by atoms with Crippen LogP contribution in [0.2, 0.25) is 0 Å². The second-order valence-corrected chi connectivity index (χ2v) is 9.17. The number of rotatable bonds is 7. The second kappa shape index (κ2) is 11.2. The summed E-state index contributed by atoms with van der Waals surface area (Å²) in [5.41, 5.74) is 9.58. The molecule has 0 aromatic heterocycles. The van der Waals surface area contributed by atoms with E-state index in [9.17, 15) is 14.4 Å². The van der Waals surface area contributed by atoms with Crippen LogP contribution in [0.1, 0.15) is 38.5 Å². The molecule has 4 aromatic carbocycles. The number of fused-ring (bicyclic) bond motifs is 1. The number of carbonyl (C=O) groups is 1. The number of aryl methyl sites for hydroxylation is 1. The van der Waals surface area contributed by atoms with Crippen molar-refractivity contribution >= 4 is 5.97 Å². The number of ether oxygens (including phenoxy) is 4. The lowest BCUT2D eigenvalue weighted by molar-refractivity contribution is 0.0734. The van der Waals surface area contributed by atoms with Gasteiger partial charge in [0.1, 0.15) is 35.6 Å². The van der Waals surface area contributed by atoms with Gasteiger partial charge in [-0.3, -0.25) is 0 Å². The van der Waals surface area contributed by atoms with E-state index in [0.29, 0.717) is 39.5 Å². The van der Waals surface area contributed by atoms with Gasteiger partial charge in [0.15, 0.2) is 11.5 Å². The maximum absolute atomic E-state index is 14.0. The fourth-order valence-electron chi connectivity index (χ4n) is 4.45. The highest BCUT2D eigenvalue weighted by atomic mass is 19.1. The van der Waals surface area contributed by atoms with E-state index in [1.54, 1.807) is 66.7 Å². The Labute approximate surface area is 230 Å². The van der Waals surface area contributed by atoms with E-state index in [1.807, 2.05) is 19.1 Å². The number of methoxy groups -OCH3 is 1. The maximum Gasteiger partial charge on any atom is 0.343 e. The Balaban J connectivity index is 1.44. The quantitative estimate of drug-likeness (QED) is 0.223. The van der Waals surface area contributed by atoms with Crippen LogP contribution in [0.5, 0.6) is 23.0 Å². The van der Waals surface area contributed by atoms with Gasteiger partial charge in [-0.25, -0.2) is 9.18 Å². The van der Waals surface area contributed by atoms with Crippen LogP contribution in [0.3, 0.4) is 0 Å². The summed E-state index contributed by atoms with van der Waals surface area (Å²) in [6, 6.07) is 25.7. The van der Waals surface area contributed by atoms with Crippen molar-refractivity contribution in [3.8, 4) is 29.1 Å². The zero-order valence-corrected chi connectivity index (χ0v) is 21.8. The minimum atomic E-state index is -0.579. The summed E-state index contributed by atoms with van der Waals surface area (Å²) >= 11 is 0. The molecule has 1 aliphatic heterocycles. The van der Waals surface area contributed by atoms with E-state index in [2.05, 4.69) is 6.07 Å². The molecule has 200 valence electrons. The van der Waals surface area contributed by atoms with Crippen LogP contribution in [0.25, 0.3) is 0 Å². The van der Waals surface area contributed by atoms with Crippen molar-refractivity contribution in [1.29, 1.82) is 5.26 Å². The lowest BCUT2D eigenvalue weighted by Crippen LogP contribution is -2.21. The number of nitrogens with two attached hydrogens (primary N) is 1. The predicted octanol–water partition coefficient (Wildman–Crippen LogP) is 6.16. The molecule has 0 amide bonds. The number of halogens is 1. The Kier molecular flexibility index (Phi) is 7.38. The van der Waals surface area contributed by atoms with E-state index in [4.69, 9.17) is 24.7 Å². The zero-order chi connectivity index (χ0) is 28.2. The molecule has 0 fully saturated rings. The lowest BCUT2D eigenvalue weighted by Gasteiger charge is -2.27. The number of esters is 1. The highest BCUT2D eigenvalue weighted by Gasteiger charge is 2.32. The minimum absolute atomic E-state index is 0.0167. The Bertz CT molecular complexity index is 1660. The van der Waals surface area contributed by atoms with Crippen LogP contribution in [-0.2, 0) is 6.61 Å². The van der Waals surface area contributed by atoms with Gasteiger partial charge in [0.2, 0.25) is 5.88 Å². The molecular formula is C32H25FN2O5. The fraction of sp³-hybridized carbons (Fsp3) is 0.125. The molecule has 0 aliphatic carbocycles. The van der Waals surface area contributed by atoms with Crippen LogP contribution < -0.4 is 24.7 Å². The molecule has 1 unspecified atom stereocenters. The zero-order valence-electron chi connectivity index (χ0n) is 21.8. The molecule has 1 heterocycles. The molecule has 0 spiro atoms. The number of allylic oxidation sites excluding steroid dienone is 1. The van der Waals surface area contributed by atoms with Crippen molar-refractivity contribution < 1.29 is 28.1 Å². The van der Waals surface area contributed by atoms with Gasteiger partial charge in [-0.15, -0.1) is 0 Å². The molecule has 0 saturated heterocycles. The predicted molar refractivity (Wildman–Crippen MR) is 146 cm³/mol. The highest BCUT2D eigenvalue weighted by molar-refractivity contribution is 5.91. The molecule has 1 atom stereocenters. The van der Waals surface area contributed by atoms with Crippen molar-refractivity contribution in [2.75, 3.05) is 7.11 Å². The van der Waals surface area contributed by atoms with Gasteiger partial charge >= 0.3 is 5.97 Å². The molecule has 8 heteroatoms. The Morgan fingerprint density at radius 1 is 1.02 bits per heavy atom. The normalized spacial score (nSPS) is 14.0. The van der Waals surface area contributed by atoms with Crippen LogP contribution >= 0.6 is 0 Å². The minimum Gasteiger partial charge on any atom is -0.493 e. The number of carbonyl (C=O) groups excluding carboxylic acids is 1. The van der Waals surface area contributed by atoms with Gasteiger partial charge in [0, 0.05) is 17.2 Å². The third kappa shape index (κ3) is 5.31. The number of nitriles is 1. The molecule has 40 heavy (non-hydrogen) atoms. The number of hydrogen-bond donors (Lipinski definition) is 1. The van der Waals surface area contributed by atoms with Gasteiger partial charge in [-0.1, -0.05) is 48.0 Å². The summed E-state index contributed by atoms with van der Waals surface area (Å²) in [5, 5.41) is 9.93. The van der Waals surface area contributed by atoms with Crippen molar-refractivity contribution in [2.45, 2.75) is 19.4 Å². The molecule has 5 rings (SSSR count). The average Bonchev–Trinajstić information content (AvgIpc) is 2.96. The van der Waals surface area contributed by atoms with Crippen molar-refractivity contribution in [2.24, 2.45) is 5.73 Å². The van der Waals surface area contributed by atoms with Crippen LogP contribution in [-0.4, -0.2) is 13.1 Å². The summed E-state index contributed by atoms with van der Waals surface area (Å²) in [6.07, 6.45) is 0. The summed E-state index contributed by atoms with van der Waals surface area (Å²) in [4.78, 5) is 12.6. The van der Waals surface area contributed by atoms with Gasteiger partial charge in [-0.05, 0) is 48.9 Å². The average molecular weight is 537 g/mol. The topological polar surface area (TPSA) is 104 Å². The molecular weight excluding hydrogens is 511 g/mol. The number of benzene rings is 4. The fourth-order valence-corrected chi connectivity index (χ4v) is 4.45. The SMILES string of the molecule is COc1cc(C2C(C#N)=C(N)Oc3cc(OC(=O)c4ccc(C)cc4)ccc32)ccc1OCc1ccccc1F. The van der Waals surface area contributed by atoms with Gasteiger partial charge in [0.05, 0.1) is 18.6 Å². The molecule has 0 radical (unpaired) electrons. The third-order valence-corrected chi connectivity index (χ3v) is 6.55. The first kappa shape index (κ1) is 26.3. The molecule has 7 nitrogen and oxygen atoms in total. The van der Waals surface area contributed by atoms with Crippen molar-refractivity contribution in [3.63, 3.8) is 0 Å². The monoisotopic (exact) mass is 536 g/mol. The van der Waals surface area contributed by atoms with E-state index in [1.165, 1.54) is 13.2 Å². The van der Waals surface area contributed by atoms with Crippen molar-refractivity contribution in [3.05, 3.63) is 130 Å². The van der Waals surface area contributed by atoms with Crippen LogP contribution in [0, 0.1) is 24.1 Å². The summed E-state index contributed by atoms with van der Waals surface area (Å²) in [5.74, 6) is -0.0624. The van der Waals surface area contributed by atoms with Gasteiger partial charge in [0.25, 0.3) is 0 Å². The first-order valence-corrected chi connectivity index (χ1v) is 12.4. The first-order valence-electron chi connectivity index (χ1n) is 12.4. The third-order valence-electron chi connectivity index (χ3n) is 6.55. The molecule has 1 aliphatic rings. The standard InChI is InChI=1S/C32H25FN2O5/c1-19-7-9-20(10-8-19)32(36)39-23-12-13-24-28(16-23)40-31(35)25(17-34)30(24)21-11-14-27(29(15-21)37-2)38-18-22-5-3-4-6-26(22)33/h3-16,30H,18,35H2,1-2H3. The Morgan fingerprint density at radius 3 is 2.52 bits per heavy atom. The van der Waals surface area contributed by atoms with Crippen LogP contribution in [0.15, 0.2) is 96.4 Å². The molecule has 4 aromatic rings. The molecule has 0 saturated carbocycles. The van der Waals surface area contributed by atoms with Gasteiger partial charge in [-0.2, -0.15) is 5.26 Å². The summed E-state index contributed by atoms with van der Waals surface area (Å²) in [6.45, 7) is 1.95. The lowest BCUT2D eigenvalue weighted by atomic mass is 9.83. The first-order chi connectivity index (χ1) is 19.4. The van der Waals surface area contributed by atoms with E-state index < -0.39 is 11.9 Å².